The molecule has 0 N–H and O–H groups in total. The maximum Gasteiger partial charge on any atom is 0.337 e. The first kappa shape index (κ1) is 15.1. The summed E-state index contributed by atoms with van der Waals surface area (Å²) in [6.07, 6.45) is 1.81. The minimum Gasteiger partial charge on any atom is -0.350 e. The van der Waals surface area contributed by atoms with Crippen LogP contribution in [0.3, 0.4) is 0 Å². The predicted molar refractivity (Wildman–Crippen MR) is 89.7 cm³/mol. The average Bonchev–Trinajstić information content (AvgIpc) is 3.06. The lowest BCUT2D eigenvalue weighted by atomic mass is 10.1. The maximum absolute atomic E-state index is 12.3. The Labute approximate surface area is 143 Å². The summed E-state index contributed by atoms with van der Waals surface area (Å²) < 4.78 is 1.92. The zero-order chi connectivity index (χ0) is 17.6. The van der Waals surface area contributed by atoms with Crippen LogP contribution < -0.4 is 0 Å². The van der Waals surface area contributed by atoms with Crippen molar-refractivity contribution in [3.05, 3.63) is 71.4 Å². The number of aromatic nitrogens is 1. The number of hydrogen-bond donors (Lipinski definition) is 0. The SMILES string of the molecule is Cn1cc(CC(=O)ON2C(=O)c3ccccc3C2=O)c2ccccc21. The summed E-state index contributed by atoms with van der Waals surface area (Å²) in [5.74, 6) is -1.90. The molecule has 25 heavy (non-hydrogen) atoms. The lowest BCUT2D eigenvalue weighted by molar-refractivity contribution is -0.167. The number of hydrogen-bond acceptors (Lipinski definition) is 4. The number of fused-ring (bicyclic) bond motifs is 2. The Morgan fingerprint density at radius 1 is 0.960 bits per heavy atom. The van der Waals surface area contributed by atoms with Gasteiger partial charge in [0.15, 0.2) is 0 Å². The normalized spacial score (nSPS) is 13.4. The van der Waals surface area contributed by atoms with Crippen LogP contribution in [0.5, 0.6) is 0 Å². The third-order valence-corrected chi connectivity index (χ3v) is 4.26. The summed E-state index contributed by atoms with van der Waals surface area (Å²) in [5, 5.41) is 1.47. The van der Waals surface area contributed by atoms with Gasteiger partial charge >= 0.3 is 5.97 Å². The monoisotopic (exact) mass is 334 g/mol. The van der Waals surface area contributed by atoms with E-state index in [1.165, 1.54) is 12.1 Å². The minimum absolute atomic E-state index is 0.0330. The summed E-state index contributed by atoms with van der Waals surface area (Å²) in [7, 11) is 1.89. The second-order valence-corrected chi connectivity index (χ2v) is 5.87. The first-order valence-electron chi connectivity index (χ1n) is 7.78. The van der Waals surface area contributed by atoms with E-state index in [0.29, 0.717) is 5.06 Å². The highest BCUT2D eigenvalue weighted by Gasteiger charge is 2.38. The van der Waals surface area contributed by atoms with Crippen LogP contribution in [0.15, 0.2) is 54.7 Å². The van der Waals surface area contributed by atoms with Crippen molar-refractivity contribution in [1.82, 2.24) is 9.63 Å². The van der Waals surface area contributed by atoms with Gasteiger partial charge < -0.3 is 9.40 Å². The lowest BCUT2D eigenvalue weighted by Gasteiger charge is -2.12. The molecule has 6 heteroatoms. The number of carbonyl (C=O) groups excluding carboxylic acids is 3. The lowest BCUT2D eigenvalue weighted by Crippen LogP contribution is -2.33. The number of amides is 2. The molecule has 0 spiro atoms. The third-order valence-electron chi connectivity index (χ3n) is 4.26. The van der Waals surface area contributed by atoms with Crippen LogP contribution in [0.2, 0.25) is 0 Å². The number of rotatable bonds is 3. The molecular formula is C19H14N2O4. The van der Waals surface area contributed by atoms with Gasteiger partial charge in [0.25, 0.3) is 11.8 Å². The molecule has 2 aromatic carbocycles. The fraction of sp³-hybridized carbons (Fsp3) is 0.105. The molecule has 2 amide bonds. The Balaban J connectivity index is 1.55. The molecule has 1 aromatic heterocycles. The number of aryl methyl sites for hydroxylation is 1. The largest absolute Gasteiger partial charge is 0.350 e. The van der Waals surface area contributed by atoms with E-state index < -0.39 is 17.8 Å². The molecule has 0 saturated heterocycles. The van der Waals surface area contributed by atoms with Crippen LogP contribution >= 0.6 is 0 Å². The van der Waals surface area contributed by atoms with Gasteiger partial charge in [-0.25, -0.2) is 4.79 Å². The van der Waals surface area contributed by atoms with Gasteiger partial charge in [0.05, 0.1) is 17.5 Å². The summed E-state index contributed by atoms with van der Waals surface area (Å²) in [6, 6.07) is 14.1. The molecule has 0 aliphatic carbocycles. The van der Waals surface area contributed by atoms with Crippen molar-refractivity contribution in [3.63, 3.8) is 0 Å². The number of nitrogens with zero attached hydrogens (tertiary/aromatic N) is 2. The van der Waals surface area contributed by atoms with Gasteiger partial charge in [0.2, 0.25) is 0 Å². The van der Waals surface area contributed by atoms with Crippen molar-refractivity contribution in [2.75, 3.05) is 0 Å². The van der Waals surface area contributed by atoms with Crippen molar-refractivity contribution < 1.29 is 19.2 Å². The van der Waals surface area contributed by atoms with Gasteiger partial charge in [-0.2, -0.15) is 0 Å². The van der Waals surface area contributed by atoms with Gasteiger partial charge in [-0.15, -0.1) is 0 Å². The molecule has 124 valence electrons. The van der Waals surface area contributed by atoms with Crippen LogP contribution in [0, 0.1) is 0 Å². The quantitative estimate of drug-likeness (QED) is 0.690. The maximum atomic E-state index is 12.3. The van der Waals surface area contributed by atoms with Crippen molar-refractivity contribution in [2.24, 2.45) is 7.05 Å². The third kappa shape index (κ3) is 2.39. The number of benzene rings is 2. The highest BCUT2D eigenvalue weighted by atomic mass is 16.7. The van der Waals surface area contributed by atoms with E-state index in [0.717, 1.165) is 16.5 Å². The van der Waals surface area contributed by atoms with Crippen molar-refractivity contribution in [3.8, 4) is 0 Å². The van der Waals surface area contributed by atoms with E-state index in [1.807, 2.05) is 42.1 Å². The van der Waals surface area contributed by atoms with E-state index in [9.17, 15) is 14.4 Å². The van der Waals surface area contributed by atoms with Crippen LogP contribution in [0.4, 0.5) is 0 Å². The Bertz CT molecular complexity index is 1000. The second kappa shape index (κ2) is 5.59. The number of hydroxylamine groups is 2. The molecule has 2 heterocycles. The van der Waals surface area contributed by atoms with Gasteiger partial charge in [-0.1, -0.05) is 35.4 Å². The Morgan fingerprint density at radius 3 is 2.24 bits per heavy atom. The molecular weight excluding hydrogens is 320 g/mol. The van der Waals surface area contributed by atoms with Gasteiger partial charge in [0.1, 0.15) is 0 Å². The molecule has 0 saturated carbocycles. The van der Waals surface area contributed by atoms with Gasteiger partial charge in [0, 0.05) is 24.1 Å². The summed E-state index contributed by atoms with van der Waals surface area (Å²) >= 11 is 0. The number of carbonyl (C=O) groups is 3. The van der Waals surface area contributed by atoms with Crippen molar-refractivity contribution in [1.29, 1.82) is 0 Å². The second-order valence-electron chi connectivity index (χ2n) is 5.87. The highest BCUT2D eigenvalue weighted by Crippen LogP contribution is 2.24. The standard InChI is InChI=1S/C19H14N2O4/c1-20-11-12(13-6-4-5-9-16(13)20)10-17(22)25-21-18(23)14-7-2-3-8-15(14)19(21)24/h2-9,11H,10H2,1H3. The summed E-state index contributed by atoms with van der Waals surface area (Å²) in [5.41, 5.74) is 2.25. The van der Waals surface area contributed by atoms with Crippen molar-refractivity contribution in [2.45, 2.75) is 6.42 Å². The van der Waals surface area contributed by atoms with Crippen LogP contribution in [-0.2, 0) is 23.1 Å². The van der Waals surface area contributed by atoms with E-state index in [2.05, 4.69) is 0 Å². The Morgan fingerprint density at radius 2 is 1.56 bits per heavy atom. The van der Waals surface area contributed by atoms with E-state index in [1.54, 1.807) is 12.1 Å². The molecule has 0 unspecified atom stereocenters. The van der Waals surface area contributed by atoms with Crippen molar-refractivity contribution >= 4 is 28.7 Å². The van der Waals surface area contributed by atoms with Crippen LogP contribution in [0.1, 0.15) is 26.3 Å². The smallest absolute Gasteiger partial charge is 0.337 e. The Kier molecular flexibility index (Phi) is 3.39. The fourth-order valence-electron chi connectivity index (χ4n) is 3.11. The summed E-state index contributed by atoms with van der Waals surface area (Å²) in [6.45, 7) is 0. The number of imide groups is 1. The van der Waals surface area contributed by atoms with E-state index >= 15 is 0 Å². The van der Waals surface area contributed by atoms with Crippen LogP contribution in [0.25, 0.3) is 10.9 Å². The average molecular weight is 334 g/mol. The molecule has 6 nitrogen and oxygen atoms in total. The zero-order valence-electron chi connectivity index (χ0n) is 13.4. The first-order chi connectivity index (χ1) is 12.1. The number of para-hydroxylation sites is 1. The van der Waals surface area contributed by atoms with Gasteiger partial charge in [-0.05, 0) is 23.8 Å². The van der Waals surface area contributed by atoms with Gasteiger partial charge in [-0.3, -0.25) is 9.59 Å². The zero-order valence-corrected chi connectivity index (χ0v) is 13.4. The molecule has 4 rings (SSSR count). The minimum atomic E-state index is -0.661. The van der Waals surface area contributed by atoms with E-state index in [-0.39, 0.29) is 17.5 Å². The Hall–Kier alpha value is -3.41. The molecule has 0 bridgehead atoms. The predicted octanol–water partition coefficient (Wildman–Crippen LogP) is 2.48. The highest BCUT2D eigenvalue weighted by molar-refractivity contribution is 6.20. The molecule has 1 aliphatic rings. The molecule has 1 aliphatic heterocycles. The van der Waals surface area contributed by atoms with Crippen LogP contribution in [-0.4, -0.2) is 27.4 Å². The molecule has 3 aromatic rings. The summed E-state index contributed by atoms with van der Waals surface area (Å²) in [4.78, 5) is 41.8. The first-order valence-corrected chi connectivity index (χ1v) is 7.78. The molecule has 0 atom stereocenters. The fourth-order valence-corrected chi connectivity index (χ4v) is 3.11. The molecule has 0 radical (unpaired) electrons. The molecule has 0 fully saturated rings. The topological polar surface area (TPSA) is 68.6 Å². The van der Waals surface area contributed by atoms with E-state index in [4.69, 9.17) is 4.84 Å².